The highest BCUT2D eigenvalue weighted by atomic mass is 16.5. The highest BCUT2D eigenvalue weighted by Gasteiger charge is 2.14. The van der Waals surface area contributed by atoms with E-state index < -0.39 is 0 Å². The van der Waals surface area contributed by atoms with Gasteiger partial charge in [0.2, 0.25) is 0 Å². The first-order valence-electron chi connectivity index (χ1n) is 7.62. The van der Waals surface area contributed by atoms with Gasteiger partial charge in [0, 0.05) is 18.2 Å². The van der Waals surface area contributed by atoms with Crippen molar-refractivity contribution >= 4 is 10.8 Å². The van der Waals surface area contributed by atoms with Crippen molar-refractivity contribution in [1.29, 1.82) is 0 Å². The van der Waals surface area contributed by atoms with Gasteiger partial charge in [-0.2, -0.15) is 0 Å². The molecule has 23 heavy (non-hydrogen) atoms. The average molecular weight is 308 g/mol. The molecule has 0 N–H and O–H groups in total. The van der Waals surface area contributed by atoms with Gasteiger partial charge in [0.25, 0.3) is 0 Å². The van der Waals surface area contributed by atoms with Gasteiger partial charge in [-0.3, -0.25) is 0 Å². The molecule has 3 aromatic rings. The van der Waals surface area contributed by atoms with Crippen LogP contribution in [0.4, 0.5) is 0 Å². The Morgan fingerprint density at radius 2 is 1.52 bits per heavy atom. The van der Waals surface area contributed by atoms with Crippen molar-refractivity contribution in [2.45, 2.75) is 0 Å². The lowest BCUT2D eigenvalue weighted by Gasteiger charge is -2.16. The number of hydrogen-bond acceptors (Lipinski definition) is 3. The van der Waals surface area contributed by atoms with Crippen LogP contribution in [0.2, 0.25) is 0 Å². The summed E-state index contributed by atoms with van der Waals surface area (Å²) in [5, 5.41) is 2.32. The van der Waals surface area contributed by atoms with Crippen molar-refractivity contribution in [2.24, 2.45) is 0 Å². The van der Waals surface area contributed by atoms with Crippen LogP contribution in [0.5, 0.6) is 11.5 Å². The Hall–Kier alpha value is -2.52. The van der Waals surface area contributed by atoms with Crippen LogP contribution in [0.1, 0.15) is 0 Å². The summed E-state index contributed by atoms with van der Waals surface area (Å²) in [6, 6.07) is 20.4. The number of para-hydroxylation sites is 1. The second kappa shape index (κ2) is 7.16. The summed E-state index contributed by atoms with van der Waals surface area (Å²) in [5.41, 5.74) is 2.08. The normalized spacial score (nSPS) is 10.7. The zero-order chi connectivity index (χ0) is 16.1. The molecule has 0 heterocycles. The zero-order valence-electron chi connectivity index (χ0n) is 13.4. The minimum Gasteiger partial charge on any atom is -0.496 e. The summed E-state index contributed by atoms with van der Waals surface area (Å²) in [7, 11) is 3.36. The molecule has 0 bridgehead atoms. The number of hydrogen-bond donors (Lipinski definition) is 0. The first-order chi connectivity index (χ1) is 11.3. The lowest BCUT2D eigenvalue weighted by atomic mass is 9.96. The number of fused-ring (bicyclic) bond motifs is 1. The van der Waals surface area contributed by atoms with Crippen molar-refractivity contribution < 1.29 is 14.2 Å². The van der Waals surface area contributed by atoms with Gasteiger partial charge in [-0.25, -0.2) is 0 Å². The topological polar surface area (TPSA) is 27.7 Å². The maximum Gasteiger partial charge on any atom is 0.128 e. The summed E-state index contributed by atoms with van der Waals surface area (Å²) in [5.74, 6) is 1.67. The smallest absolute Gasteiger partial charge is 0.128 e. The van der Waals surface area contributed by atoms with Crippen LogP contribution in [0.25, 0.3) is 21.9 Å². The lowest BCUT2D eigenvalue weighted by molar-refractivity contribution is 0.146. The van der Waals surface area contributed by atoms with E-state index in [0.29, 0.717) is 13.2 Å². The SMILES string of the molecule is COCCOc1ccc2ccccc2c1-c1ccccc1OC. The van der Waals surface area contributed by atoms with Gasteiger partial charge in [-0.1, -0.05) is 48.5 Å². The monoisotopic (exact) mass is 308 g/mol. The lowest BCUT2D eigenvalue weighted by Crippen LogP contribution is -2.05. The molecule has 0 saturated heterocycles. The molecule has 0 aromatic heterocycles. The summed E-state index contributed by atoms with van der Waals surface area (Å²) in [6.45, 7) is 1.06. The zero-order valence-corrected chi connectivity index (χ0v) is 13.4. The fraction of sp³-hybridized carbons (Fsp3) is 0.200. The van der Waals surface area contributed by atoms with Crippen LogP contribution in [0.15, 0.2) is 60.7 Å². The molecule has 0 amide bonds. The van der Waals surface area contributed by atoms with E-state index in [1.54, 1.807) is 14.2 Å². The number of rotatable bonds is 6. The van der Waals surface area contributed by atoms with Gasteiger partial charge < -0.3 is 14.2 Å². The number of benzene rings is 3. The molecular weight excluding hydrogens is 288 g/mol. The fourth-order valence-electron chi connectivity index (χ4n) is 2.74. The van der Waals surface area contributed by atoms with Crippen molar-refractivity contribution in [3.8, 4) is 22.6 Å². The van der Waals surface area contributed by atoms with E-state index in [-0.39, 0.29) is 0 Å². The first kappa shape index (κ1) is 15.4. The van der Waals surface area contributed by atoms with E-state index in [1.165, 1.54) is 5.39 Å². The van der Waals surface area contributed by atoms with Gasteiger partial charge in [0.05, 0.1) is 13.7 Å². The Kier molecular flexibility index (Phi) is 4.79. The molecule has 3 nitrogen and oxygen atoms in total. The quantitative estimate of drug-likeness (QED) is 0.626. The molecule has 3 rings (SSSR count). The number of ether oxygens (including phenoxy) is 3. The predicted molar refractivity (Wildman–Crippen MR) is 93.3 cm³/mol. The van der Waals surface area contributed by atoms with E-state index in [1.807, 2.05) is 36.4 Å². The second-order valence-electron chi connectivity index (χ2n) is 5.20. The van der Waals surface area contributed by atoms with Gasteiger partial charge >= 0.3 is 0 Å². The Balaban J connectivity index is 2.20. The molecular formula is C20H20O3. The van der Waals surface area contributed by atoms with Gasteiger partial charge in [-0.15, -0.1) is 0 Å². The third-order valence-corrected chi connectivity index (χ3v) is 3.81. The third-order valence-electron chi connectivity index (χ3n) is 3.81. The molecule has 0 unspecified atom stereocenters. The summed E-state index contributed by atoms with van der Waals surface area (Å²) in [6.07, 6.45) is 0. The van der Waals surface area contributed by atoms with E-state index in [0.717, 1.165) is 28.0 Å². The van der Waals surface area contributed by atoms with Crippen LogP contribution >= 0.6 is 0 Å². The van der Waals surface area contributed by atoms with E-state index in [9.17, 15) is 0 Å². The van der Waals surface area contributed by atoms with Crippen molar-refractivity contribution in [1.82, 2.24) is 0 Å². The standard InChI is InChI=1S/C20H20O3/c1-21-13-14-23-19-12-11-15-7-3-4-8-16(15)20(19)17-9-5-6-10-18(17)22-2/h3-12H,13-14H2,1-2H3. The Bertz CT molecular complexity index is 796. The van der Waals surface area contributed by atoms with Crippen LogP contribution in [0, 0.1) is 0 Å². The Labute approximate surface area is 136 Å². The van der Waals surface area contributed by atoms with Crippen molar-refractivity contribution in [2.75, 3.05) is 27.4 Å². The molecule has 0 aliphatic carbocycles. The molecule has 0 aliphatic rings. The second-order valence-corrected chi connectivity index (χ2v) is 5.20. The summed E-state index contributed by atoms with van der Waals surface area (Å²) in [4.78, 5) is 0. The first-order valence-corrected chi connectivity index (χ1v) is 7.62. The van der Waals surface area contributed by atoms with E-state index >= 15 is 0 Å². The number of methoxy groups -OCH3 is 2. The van der Waals surface area contributed by atoms with Gasteiger partial charge in [-0.05, 0) is 22.9 Å². The molecule has 0 fully saturated rings. The molecule has 118 valence electrons. The molecule has 0 atom stereocenters. The molecule has 0 saturated carbocycles. The minimum atomic E-state index is 0.511. The van der Waals surface area contributed by atoms with Gasteiger partial charge in [0.1, 0.15) is 18.1 Å². The molecule has 0 aliphatic heterocycles. The minimum absolute atomic E-state index is 0.511. The largest absolute Gasteiger partial charge is 0.496 e. The van der Waals surface area contributed by atoms with Crippen molar-refractivity contribution in [3.63, 3.8) is 0 Å². The maximum absolute atomic E-state index is 5.96. The van der Waals surface area contributed by atoms with Crippen molar-refractivity contribution in [3.05, 3.63) is 60.7 Å². The third kappa shape index (κ3) is 3.15. The van der Waals surface area contributed by atoms with E-state index in [2.05, 4.69) is 24.3 Å². The average Bonchev–Trinajstić information content (AvgIpc) is 2.61. The van der Waals surface area contributed by atoms with Crippen LogP contribution in [-0.4, -0.2) is 27.4 Å². The van der Waals surface area contributed by atoms with Crippen LogP contribution in [-0.2, 0) is 4.74 Å². The molecule has 3 aromatic carbocycles. The highest BCUT2D eigenvalue weighted by Crippen LogP contribution is 2.41. The summed E-state index contributed by atoms with van der Waals surface area (Å²) >= 11 is 0. The van der Waals surface area contributed by atoms with Gasteiger partial charge in [0.15, 0.2) is 0 Å². The molecule has 3 heteroatoms. The Morgan fingerprint density at radius 3 is 2.35 bits per heavy atom. The predicted octanol–water partition coefficient (Wildman–Crippen LogP) is 4.54. The molecule has 0 spiro atoms. The summed E-state index contributed by atoms with van der Waals surface area (Å²) < 4.78 is 16.6. The highest BCUT2D eigenvalue weighted by molar-refractivity contribution is 6.01. The fourth-order valence-corrected chi connectivity index (χ4v) is 2.74. The van der Waals surface area contributed by atoms with E-state index in [4.69, 9.17) is 14.2 Å². The Morgan fingerprint density at radius 1 is 0.739 bits per heavy atom. The van der Waals surface area contributed by atoms with Crippen LogP contribution in [0.3, 0.4) is 0 Å². The molecule has 0 radical (unpaired) electrons. The maximum atomic E-state index is 5.96. The van der Waals surface area contributed by atoms with Crippen LogP contribution < -0.4 is 9.47 Å².